The molecule has 3 rings (SSSR count). The highest BCUT2D eigenvalue weighted by Gasteiger charge is 2.19. The van der Waals surface area contributed by atoms with Crippen LogP contribution in [0.5, 0.6) is 0 Å². The summed E-state index contributed by atoms with van der Waals surface area (Å²) in [5, 5.41) is 4.02. The molecular weight excluding hydrogens is 422 g/mol. The second-order valence-electron chi connectivity index (χ2n) is 6.82. The largest absolute Gasteiger partial charge is 0.385 e. The summed E-state index contributed by atoms with van der Waals surface area (Å²) in [5.41, 5.74) is 1.40. The van der Waals surface area contributed by atoms with Gasteiger partial charge in [0.1, 0.15) is 0 Å². The van der Waals surface area contributed by atoms with Crippen molar-refractivity contribution in [2.75, 3.05) is 13.7 Å². The molecule has 0 bridgehead atoms. The monoisotopic (exact) mass is 445 g/mol. The Morgan fingerprint density at radius 1 is 1.27 bits per heavy atom. The molecule has 1 aromatic heterocycles. The lowest BCUT2D eigenvalue weighted by atomic mass is 10.2. The molecule has 0 spiro atoms. The quantitative estimate of drug-likeness (QED) is 0.307. The van der Waals surface area contributed by atoms with Crippen LogP contribution in [0, 0.1) is 0 Å². The number of nitrogens with one attached hydrogen (secondary N) is 1. The van der Waals surface area contributed by atoms with E-state index >= 15 is 0 Å². The number of nitrogens with zero attached hydrogens (tertiary/aromatic N) is 2. The molecule has 0 aliphatic carbocycles. The van der Waals surface area contributed by atoms with E-state index in [2.05, 4.69) is 10.3 Å². The first kappa shape index (κ1) is 22.3. The average molecular weight is 446 g/mol. The number of amides is 1. The lowest BCUT2D eigenvalue weighted by molar-refractivity contribution is -0.120. The van der Waals surface area contributed by atoms with Crippen LogP contribution in [-0.4, -0.2) is 34.4 Å². The third-order valence-electron chi connectivity index (χ3n) is 4.57. The number of ether oxygens (including phenoxy) is 1. The summed E-state index contributed by atoms with van der Waals surface area (Å²) in [6, 6.07) is 14.8. The van der Waals surface area contributed by atoms with Crippen molar-refractivity contribution < 1.29 is 9.53 Å². The molecule has 1 unspecified atom stereocenters. The second-order valence-corrected chi connectivity index (χ2v) is 8.57. The summed E-state index contributed by atoms with van der Waals surface area (Å²) in [6.07, 6.45) is 0.666. The molecule has 3 aromatic rings. The van der Waals surface area contributed by atoms with Crippen molar-refractivity contribution in [2.24, 2.45) is 0 Å². The summed E-state index contributed by atoms with van der Waals surface area (Å²) >= 11 is 7.35. The zero-order valence-electron chi connectivity index (χ0n) is 16.9. The molecule has 0 aliphatic heterocycles. The number of halogens is 1. The fraction of sp³-hybridized carbons (Fsp3) is 0.318. The van der Waals surface area contributed by atoms with Gasteiger partial charge in [-0.1, -0.05) is 53.7 Å². The standard InChI is InChI=1S/C22H24ClN3O3S/c1-15(20(27)24-14-16-7-4-3-5-8-16)30-22-25-19-13-17(23)9-10-18(19)21(28)26(22)11-6-12-29-2/h3-5,7-10,13,15H,6,11-12,14H2,1-2H3,(H,24,27). The molecule has 8 heteroatoms. The van der Waals surface area contributed by atoms with Crippen LogP contribution in [0.4, 0.5) is 0 Å². The third-order valence-corrected chi connectivity index (χ3v) is 5.90. The Balaban J connectivity index is 1.82. The molecule has 0 aliphatic rings. The van der Waals surface area contributed by atoms with E-state index in [0.29, 0.717) is 47.2 Å². The van der Waals surface area contributed by atoms with Gasteiger partial charge in [-0.05, 0) is 37.1 Å². The molecule has 1 amide bonds. The molecule has 158 valence electrons. The summed E-state index contributed by atoms with van der Waals surface area (Å²) < 4.78 is 6.73. The lowest BCUT2D eigenvalue weighted by Crippen LogP contribution is -2.31. The molecule has 6 nitrogen and oxygen atoms in total. The van der Waals surface area contributed by atoms with E-state index < -0.39 is 5.25 Å². The number of hydrogen-bond acceptors (Lipinski definition) is 5. The van der Waals surface area contributed by atoms with Crippen LogP contribution in [0.25, 0.3) is 10.9 Å². The molecule has 0 fully saturated rings. The van der Waals surface area contributed by atoms with Crippen molar-refractivity contribution in [3.05, 3.63) is 69.5 Å². The minimum atomic E-state index is -0.425. The highest BCUT2D eigenvalue weighted by Crippen LogP contribution is 2.24. The van der Waals surface area contributed by atoms with E-state index in [0.717, 1.165) is 5.56 Å². The molecule has 0 saturated heterocycles. The van der Waals surface area contributed by atoms with Crippen LogP contribution in [0.15, 0.2) is 58.5 Å². The number of rotatable bonds is 9. The van der Waals surface area contributed by atoms with Crippen molar-refractivity contribution in [1.29, 1.82) is 0 Å². The van der Waals surface area contributed by atoms with Crippen molar-refractivity contribution in [1.82, 2.24) is 14.9 Å². The van der Waals surface area contributed by atoms with Crippen LogP contribution in [-0.2, 0) is 22.6 Å². The first-order valence-electron chi connectivity index (χ1n) is 9.67. The predicted octanol–water partition coefficient (Wildman–Crippen LogP) is 3.88. The van der Waals surface area contributed by atoms with Gasteiger partial charge in [-0.2, -0.15) is 0 Å². The third kappa shape index (κ3) is 5.62. The Hall–Kier alpha value is -2.35. The zero-order chi connectivity index (χ0) is 21.5. The van der Waals surface area contributed by atoms with E-state index in [1.807, 2.05) is 30.3 Å². The van der Waals surface area contributed by atoms with Crippen molar-refractivity contribution >= 4 is 40.2 Å². The molecule has 0 radical (unpaired) electrons. The minimum Gasteiger partial charge on any atom is -0.385 e. The van der Waals surface area contributed by atoms with Gasteiger partial charge >= 0.3 is 0 Å². The second kappa shape index (κ2) is 10.6. The maximum atomic E-state index is 13.0. The van der Waals surface area contributed by atoms with Crippen molar-refractivity contribution in [3.8, 4) is 0 Å². The highest BCUT2D eigenvalue weighted by molar-refractivity contribution is 8.00. The summed E-state index contributed by atoms with van der Waals surface area (Å²) in [5.74, 6) is -0.118. The van der Waals surface area contributed by atoms with Crippen molar-refractivity contribution in [2.45, 2.75) is 36.8 Å². The summed E-state index contributed by atoms with van der Waals surface area (Å²) in [4.78, 5) is 30.3. The first-order valence-corrected chi connectivity index (χ1v) is 10.9. The van der Waals surface area contributed by atoms with Gasteiger partial charge in [0.05, 0.1) is 16.2 Å². The van der Waals surface area contributed by atoms with Gasteiger partial charge in [0.25, 0.3) is 5.56 Å². The van der Waals surface area contributed by atoms with Crippen LogP contribution in [0.2, 0.25) is 5.02 Å². The Labute approximate surface area is 184 Å². The van der Waals surface area contributed by atoms with Crippen LogP contribution < -0.4 is 10.9 Å². The maximum Gasteiger partial charge on any atom is 0.262 e. The van der Waals surface area contributed by atoms with Gasteiger partial charge in [0, 0.05) is 31.8 Å². The molecule has 2 aromatic carbocycles. The van der Waals surface area contributed by atoms with Crippen LogP contribution >= 0.6 is 23.4 Å². The van der Waals surface area contributed by atoms with Gasteiger partial charge in [-0.15, -0.1) is 0 Å². The van der Waals surface area contributed by atoms with E-state index in [1.165, 1.54) is 11.8 Å². The number of benzene rings is 2. The number of fused-ring (bicyclic) bond motifs is 1. The van der Waals surface area contributed by atoms with E-state index in [-0.39, 0.29) is 11.5 Å². The van der Waals surface area contributed by atoms with Gasteiger partial charge < -0.3 is 10.1 Å². The highest BCUT2D eigenvalue weighted by atomic mass is 35.5. The molecular formula is C22H24ClN3O3S. The number of carbonyl (C=O) groups is 1. The van der Waals surface area contributed by atoms with Crippen LogP contribution in [0.1, 0.15) is 18.9 Å². The minimum absolute atomic E-state index is 0.118. The fourth-order valence-corrected chi connectivity index (χ4v) is 4.09. The molecule has 0 saturated carbocycles. The molecule has 30 heavy (non-hydrogen) atoms. The number of thioether (sulfide) groups is 1. The topological polar surface area (TPSA) is 73.2 Å². The van der Waals surface area contributed by atoms with Crippen LogP contribution in [0.3, 0.4) is 0 Å². The van der Waals surface area contributed by atoms with Gasteiger partial charge in [0.2, 0.25) is 5.91 Å². The number of hydrogen-bond donors (Lipinski definition) is 1. The predicted molar refractivity (Wildman–Crippen MR) is 121 cm³/mol. The Bertz CT molecular complexity index is 1070. The molecule has 1 N–H and O–H groups in total. The Morgan fingerprint density at radius 2 is 2.03 bits per heavy atom. The number of carbonyl (C=O) groups excluding carboxylic acids is 1. The molecule has 1 atom stereocenters. The summed E-state index contributed by atoms with van der Waals surface area (Å²) in [6.45, 7) is 3.24. The van der Waals surface area contributed by atoms with Gasteiger partial charge in [-0.25, -0.2) is 4.98 Å². The van der Waals surface area contributed by atoms with E-state index in [4.69, 9.17) is 16.3 Å². The Kier molecular flexibility index (Phi) is 7.90. The fourth-order valence-electron chi connectivity index (χ4n) is 2.97. The average Bonchev–Trinajstić information content (AvgIpc) is 2.74. The van der Waals surface area contributed by atoms with Gasteiger partial charge in [0.15, 0.2) is 5.16 Å². The van der Waals surface area contributed by atoms with E-state index in [1.54, 1.807) is 36.8 Å². The number of aromatic nitrogens is 2. The smallest absolute Gasteiger partial charge is 0.262 e. The Morgan fingerprint density at radius 3 is 2.77 bits per heavy atom. The lowest BCUT2D eigenvalue weighted by Gasteiger charge is -2.16. The van der Waals surface area contributed by atoms with Crippen molar-refractivity contribution in [3.63, 3.8) is 0 Å². The van der Waals surface area contributed by atoms with E-state index in [9.17, 15) is 9.59 Å². The normalized spacial score (nSPS) is 12.1. The zero-order valence-corrected chi connectivity index (χ0v) is 18.5. The maximum absolute atomic E-state index is 13.0. The number of methoxy groups -OCH3 is 1. The SMILES string of the molecule is COCCCn1c(SC(C)C(=O)NCc2ccccc2)nc2cc(Cl)ccc2c1=O. The summed E-state index contributed by atoms with van der Waals surface area (Å²) in [7, 11) is 1.62. The molecule has 1 heterocycles. The first-order chi connectivity index (χ1) is 14.5. The van der Waals surface area contributed by atoms with Gasteiger partial charge in [-0.3, -0.25) is 14.2 Å².